The number of nitrogens with zero attached hydrogens (tertiary/aromatic N) is 4. The van der Waals surface area contributed by atoms with Crippen molar-refractivity contribution in [1.82, 2.24) is 24.8 Å². The predicted molar refractivity (Wildman–Crippen MR) is 93.8 cm³/mol. The van der Waals surface area contributed by atoms with E-state index in [9.17, 15) is 10.2 Å². The van der Waals surface area contributed by atoms with Gasteiger partial charge in [0.05, 0.1) is 6.33 Å². The highest BCUT2D eigenvalue weighted by Gasteiger charge is 2.44. The zero-order chi connectivity index (χ0) is 18.1. The molecule has 9 heteroatoms. The second-order valence-corrected chi connectivity index (χ2v) is 6.25. The van der Waals surface area contributed by atoms with Crippen molar-refractivity contribution in [2.45, 2.75) is 31.1 Å². The van der Waals surface area contributed by atoms with Crippen molar-refractivity contribution in [3.8, 4) is 0 Å². The average Bonchev–Trinajstić information content (AvgIpc) is 3.20. The summed E-state index contributed by atoms with van der Waals surface area (Å²) >= 11 is 0. The van der Waals surface area contributed by atoms with E-state index >= 15 is 0 Å². The smallest absolute Gasteiger partial charge is 0.167 e. The van der Waals surface area contributed by atoms with Crippen LogP contribution in [0, 0.1) is 0 Å². The topological polar surface area (TPSA) is 131 Å². The third-order valence-electron chi connectivity index (χ3n) is 4.52. The Morgan fingerprint density at radius 3 is 2.73 bits per heavy atom. The van der Waals surface area contributed by atoms with Crippen LogP contribution in [0.5, 0.6) is 0 Å². The summed E-state index contributed by atoms with van der Waals surface area (Å²) in [4.78, 5) is 12.2. The molecule has 0 radical (unpaired) electrons. The van der Waals surface area contributed by atoms with Crippen molar-refractivity contribution < 1.29 is 14.9 Å². The quantitative estimate of drug-likeness (QED) is 0.495. The molecule has 3 heterocycles. The molecule has 0 spiro atoms. The Morgan fingerprint density at radius 1 is 1.12 bits per heavy atom. The number of nitrogen functional groups attached to an aromatic ring is 1. The highest BCUT2D eigenvalue weighted by molar-refractivity contribution is 5.81. The molecule has 1 aromatic carbocycles. The van der Waals surface area contributed by atoms with Crippen molar-refractivity contribution >= 4 is 17.0 Å². The van der Waals surface area contributed by atoms with E-state index in [4.69, 9.17) is 10.5 Å². The number of imidazole rings is 1. The van der Waals surface area contributed by atoms with Gasteiger partial charge in [-0.05, 0) is 5.56 Å². The minimum atomic E-state index is -1.10. The minimum absolute atomic E-state index is 0.253. The van der Waals surface area contributed by atoms with Crippen molar-refractivity contribution in [2.75, 3.05) is 12.3 Å². The zero-order valence-electron chi connectivity index (χ0n) is 13.9. The third kappa shape index (κ3) is 3.01. The number of hydrogen-bond donors (Lipinski definition) is 4. The van der Waals surface area contributed by atoms with Crippen molar-refractivity contribution in [3.05, 3.63) is 48.5 Å². The molecule has 5 N–H and O–H groups in total. The van der Waals surface area contributed by atoms with E-state index in [-0.39, 0.29) is 5.82 Å². The van der Waals surface area contributed by atoms with Gasteiger partial charge in [0.2, 0.25) is 0 Å². The Morgan fingerprint density at radius 2 is 1.92 bits per heavy atom. The van der Waals surface area contributed by atoms with Crippen LogP contribution in [-0.4, -0.2) is 54.6 Å². The van der Waals surface area contributed by atoms with E-state index in [1.807, 2.05) is 30.3 Å². The summed E-state index contributed by atoms with van der Waals surface area (Å²) in [6.45, 7) is 1.04. The Balaban J connectivity index is 1.46. The summed E-state index contributed by atoms with van der Waals surface area (Å²) in [5.74, 6) is 0.253. The number of aliphatic hydroxyl groups excluding tert-OH is 2. The summed E-state index contributed by atoms with van der Waals surface area (Å²) in [5, 5.41) is 24.0. The lowest BCUT2D eigenvalue weighted by molar-refractivity contribution is -0.0342. The number of hydrogen-bond acceptors (Lipinski definition) is 8. The van der Waals surface area contributed by atoms with E-state index in [0.29, 0.717) is 24.3 Å². The number of aromatic nitrogens is 4. The largest absolute Gasteiger partial charge is 0.387 e. The molecule has 0 aliphatic carbocycles. The summed E-state index contributed by atoms with van der Waals surface area (Å²) in [5.41, 5.74) is 7.80. The maximum atomic E-state index is 10.4. The lowest BCUT2D eigenvalue weighted by Gasteiger charge is -2.16. The molecule has 136 valence electrons. The number of nitrogens with two attached hydrogens (primary N) is 1. The van der Waals surface area contributed by atoms with Gasteiger partial charge in [-0.3, -0.25) is 4.57 Å². The lowest BCUT2D eigenvalue weighted by Crippen LogP contribution is -2.37. The van der Waals surface area contributed by atoms with Crippen LogP contribution < -0.4 is 11.1 Å². The first kappa shape index (κ1) is 16.9. The molecule has 1 saturated heterocycles. The second-order valence-electron chi connectivity index (χ2n) is 6.25. The molecule has 1 aliphatic heterocycles. The SMILES string of the molecule is Nc1ncnc2c1ncn2[C@H]1O[C@H](CNCc2ccccc2)[C@H](O)[C@H]1O. The van der Waals surface area contributed by atoms with Crippen molar-refractivity contribution in [2.24, 2.45) is 0 Å². The molecule has 0 unspecified atom stereocenters. The number of aliphatic hydroxyl groups is 2. The molecule has 4 atom stereocenters. The fourth-order valence-electron chi connectivity index (χ4n) is 3.14. The number of fused-ring (bicyclic) bond motifs is 1. The average molecular weight is 356 g/mol. The zero-order valence-corrected chi connectivity index (χ0v) is 13.9. The molecule has 9 nitrogen and oxygen atoms in total. The molecular formula is C17H20N6O3. The van der Waals surface area contributed by atoms with Crippen LogP contribution >= 0.6 is 0 Å². The van der Waals surface area contributed by atoms with Crippen LogP contribution in [-0.2, 0) is 11.3 Å². The Bertz CT molecular complexity index is 887. The van der Waals surface area contributed by atoms with Crippen LogP contribution in [0.15, 0.2) is 43.0 Å². The van der Waals surface area contributed by atoms with Crippen LogP contribution in [0.3, 0.4) is 0 Å². The first-order valence-corrected chi connectivity index (χ1v) is 8.34. The normalized spacial score (nSPS) is 25.8. The first-order valence-electron chi connectivity index (χ1n) is 8.34. The molecule has 0 amide bonds. The Labute approximate surface area is 149 Å². The van der Waals surface area contributed by atoms with Gasteiger partial charge in [0.1, 0.15) is 30.2 Å². The fraction of sp³-hybridized carbons (Fsp3) is 0.353. The maximum Gasteiger partial charge on any atom is 0.167 e. The van der Waals surface area contributed by atoms with E-state index in [1.54, 1.807) is 4.57 Å². The monoisotopic (exact) mass is 356 g/mol. The number of ether oxygens (including phenoxy) is 1. The van der Waals surface area contributed by atoms with Gasteiger partial charge in [-0.1, -0.05) is 30.3 Å². The van der Waals surface area contributed by atoms with Gasteiger partial charge >= 0.3 is 0 Å². The summed E-state index contributed by atoms with van der Waals surface area (Å²) in [6, 6.07) is 9.92. The van der Waals surface area contributed by atoms with Gasteiger partial charge in [-0.2, -0.15) is 0 Å². The number of anilines is 1. The van der Waals surface area contributed by atoms with E-state index in [0.717, 1.165) is 5.56 Å². The van der Waals surface area contributed by atoms with Crippen LogP contribution in [0.4, 0.5) is 5.82 Å². The van der Waals surface area contributed by atoms with Crippen molar-refractivity contribution in [1.29, 1.82) is 0 Å². The molecule has 1 fully saturated rings. The number of rotatable bonds is 5. The van der Waals surface area contributed by atoms with Crippen LogP contribution in [0.25, 0.3) is 11.2 Å². The molecule has 0 saturated carbocycles. The molecule has 3 aromatic rings. The van der Waals surface area contributed by atoms with Gasteiger partial charge < -0.3 is 26.0 Å². The van der Waals surface area contributed by atoms with Gasteiger partial charge in [-0.25, -0.2) is 15.0 Å². The predicted octanol–water partition coefficient (Wildman–Crippen LogP) is -0.183. The standard InChI is InChI=1S/C17H20N6O3/c18-15-12-16(21-8-20-15)23(9-22-12)17-14(25)13(24)11(26-17)7-19-6-10-4-2-1-3-5-10/h1-5,8-9,11,13-14,17,19,24-25H,6-7H2,(H2,18,20,21)/t11-,13+,14-,17+/m1/s1. The highest BCUT2D eigenvalue weighted by Crippen LogP contribution is 2.31. The molecule has 0 bridgehead atoms. The summed E-state index contributed by atoms with van der Waals surface area (Å²) in [6.07, 6.45) is -0.682. The van der Waals surface area contributed by atoms with E-state index in [1.165, 1.54) is 12.7 Å². The summed E-state index contributed by atoms with van der Waals surface area (Å²) < 4.78 is 7.44. The number of benzene rings is 1. The molecular weight excluding hydrogens is 336 g/mol. The van der Waals surface area contributed by atoms with Crippen LogP contribution in [0.2, 0.25) is 0 Å². The molecule has 1 aliphatic rings. The van der Waals surface area contributed by atoms with E-state index in [2.05, 4.69) is 20.3 Å². The molecule has 2 aromatic heterocycles. The third-order valence-corrected chi connectivity index (χ3v) is 4.52. The Kier molecular flexibility index (Phi) is 4.51. The fourth-order valence-corrected chi connectivity index (χ4v) is 3.14. The second kappa shape index (κ2) is 6.96. The molecule has 4 rings (SSSR count). The Hall–Kier alpha value is -2.59. The van der Waals surface area contributed by atoms with Gasteiger partial charge in [0.25, 0.3) is 0 Å². The van der Waals surface area contributed by atoms with Gasteiger partial charge in [-0.15, -0.1) is 0 Å². The maximum absolute atomic E-state index is 10.4. The van der Waals surface area contributed by atoms with Crippen LogP contribution in [0.1, 0.15) is 11.8 Å². The minimum Gasteiger partial charge on any atom is -0.387 e. The highest BCUT2D eigenvalue weighted by atomic mass is 16.6. The van der Waals surface area contributed by atoms with E-state index < -0.39 is 24.5 Å². The van der Waals surface area contributed by atoms with Crippen molar-refractivity contribution in [3.63, 3.8) is 0 Å². The molecule has 26 heavy (non-hydrogen) atoms. The van der Waals surface area contributed by atoms with Gasteiger partial charge in [0, 0.05) is 13.1 Å². The van der Waals surface area contributed by atoms with Gasteiger partial charge in [0.15, 0.2) is 17.7 Å². The first-order chi connectivity index (χ1) is 12.6. The lowest BCUT2D eigenvalue weighted by atomic mass is 10.1. The number of nitrogens with one attached hydrogen (secondary N) is 1. The summed E-state index contributed by atoms with van der Waals surface area (Å²) in [7, 11) is 0.